The minimum absolute atomic E-state index is 0.0749. The summed E-state index contributed by atoms with van der Waals surface area (Å²) in [5.41, 5.74) is 3.83. The van der Waals surface area contributed by atoms with Gasteiger partial charge in [-0.2, -0.15) is 17.6 Å². The highest BCUT2D eigenvalue weighted by molar-refractivity contribution is 5.92. The van der Waals surface area contributed by atoms with Gasteiger partial charge in [0, 0.05) is 43.8 Å². The van der Waals surface area contributed by atoms with Crippen molar-refractivity contribution in [1.29, 1.82) is 0 Å². The lowest BCUT2D eigenvalue weighted by Crippen LogP contribution is -2.34. The Bertz CT molecular complexity index is 1250. The monoisotopic (exact) mass is 587 g/mol. The minimum Gasteiger partial charge on any atom is -0.395 e. The Morgan fingerprint density at radius 1 is 1.29 bits per heavy atom. The van der Waals surface area contributed by atoms with Crippen LogP contribution in [-0.4, -0.2) is 46.5 Å². The van der Waals surface area contributed by atoms with Crippen molar-refractivity contribution in [3.05, 3.63) is 69.9 Å². The summed E-state index contributed by atoms with van der Waals surface area (Å²) < 4.78 is 65.8. The number of halogens is 5. The van der Waals surface area contributed by atoms with Crippen molar-refractivity contribution in [1.82, 2.24) is 19.9 Å². The van der Waals surface area contributed by atoms with Gasteiger partial charge in [-0.25, -0.2) is 10.2 Å². The number of carbonyl (C=O) groups is 2. The van der Waals surface area contributed by atoms with Gasteiger partial charge in [0.05, 0.1) is 23.5 Å². The fourth-order valence-electron chi connectivity index (χ4n) is 4.06. The predicted octanol–water partition coefficient (Wildman–Crippen LogP) is 2.84. The SMILES string of the molecule is CNCc1cncc(C(F)(F)F)c1.N/C(C=O)=C\N(N)CC(F)CCn1ccc(NC(=O)C2CCCC2)c(F)c1=O. The molecule has 3 rings (SSSR count). The maximum Gasteiger partial charge on any atom is 0.417 e. The number of rotatable bonds is 11. The molecule has 1 saturated carbocycles. The topological polar surface area (TPSA) is 148 Å². The Balaban J connectivity index is 0.000000377. The molecular formula is C26H34F5N7O3. The average Bonchev–Trinajstić information content (AvgIpc) is 3.46. The van der Waals surface area contributed by atoms with Gasteiger partial charge in [-0.15, -0.1) is 0 Å². The molecule has 2 aromatic rings. The minimum atomic E-state index is -4.31. The quantitative estimate of drug-likeness (QED) is 0.103. The lowest BCUT2D eigenvalue weighted by Gasteiger charge is -2.17. The van der Waals surface area contributed by atoms with Crippen LogP contribution in [0.2, 0.25) is 0 Å². The van der Waals surface area contributed by atoms with E-state index in [0.717, 1.165) is 53.7 Å². The van der Waals surface area contributed by atoms with E-state index < -0.39 is 29.3 Å². The average molecular weight is 588 g/mol. The molecule has 226 valence electrons. The Labute approximate surface area is 233 Å². The molecule has 41 heavy (non-hydrogen) atoms. The molecule has 0 saturated heterocycles. The molecule has 0 bridgehead atoms. The number of anilines is 1. The number of nitrogens with zero attached hydrogens (tertiary/aromatic N) is 3. The molecule has 15 heteroatoms. The lowest BCUT2D eigenvalue weighted by atomic mass is 10.1. The van der Waals surface area contributed by atoms with E-state index in [0.29, 0.717) is 18.4 Å². The van der Waals surface area contributed by atoms with Gasteiger partial charge in [-0.3, -0.25) is 19.4 Å². The van der Waals surface area contributed by atoms with E-state index >= 15 is 0 Å². The van der Waals surface area contributed by atoms with Crippen LogP contribution in [0.5, 0.6) is 0 Å². The zero-order chi connectivity index (χ0) is 30.6. The number of nitrogens with two attached hydrogens (primary N) is 2. The van der Waals surface area contributed by atoms with Gasteiger partial charge in [-0.05, 0) is 44.0 Å². The van der Waals surface area contributed by atoms with Gasteiger partial charge < -0.3 is 25.9 Å². The molecule has 10 nitrogen and oxygen atoms in total. The molecule has 2 aromatic heterocycles. The van der Waals surface area contributed by atoms with Crippen LogP contribution in [-0.2, 0) is 28.9 Å². The lowest BCUT2D eigenvalue weighted by molar-refractivity contribution is -0.137. The van der Waals surface area contributed by atoms with Gasteiger partial charge in [-0.1, -0.05) is 12.8 Å². The Morgan fingerprint density at radius 2 is 1.98 bits per heavy atom. The Kier molecular flexibility index (Phi) is 12.9. The maximum atomic E-state index is 14.3. The van der Waals surface area contributed by atoms with Crippen LogP contribution in [0.25, 0.3) is 0 Å². The summed E-state index contributed by atoms with van der Waals surface area (Å²) >= 11 is 0. The maximum absolute atomic E-state index is 14.3. The Morgan fingerprint density at radius 3 is 2.59 bits per heavy atom. The van der Waals surface area contributed by atoms with Crippen LogP contribution in [0.4, 0.5) is 27.6 Å². The first-order chi connectivity index (χ1) is 19.3. The number of nitrogens with one attached hydrogen (secondary N) is 2. The third kappa shape index (κ3) is 10.9. The number of hydrogen-bond acceptors (Lipinski definition) is 8. The van der Waals surface area contributed by atoms with Crippen molar-refractivity contribution in [2.75, 3.05) is 18.9 Å². The van der Waals surface area contributed by atoms with Gasteiger partial charge in [0.1, 0.15) is 6.17 Å². The summed E-state index contributed by atoms with van der Waals surface area (Å²) in [6.07, 6.45) is 2.61. The number of aldehydes is 1. The van der Waals surface area contributed by atoms with Gasteiger partial charge >= 0.3 is 6.18 Å². The van der Waals surface area contributed by atoms with E-state index in [1.165, 1.54) is 18.5 Å². The largest absolute Gasteiger partial charge is 0.417 e. The number of allylic oxidation sites excluding steroid dienone is 1. The number of carbonyl (C=O) groups excluding carboxylic acids is 2. The molecule has 2 heterocycles. The van der Waals surface area contributed by atoms with Crippen molar-refractivity contribution in [2.24, 2.45) is 17.5 Å². The van der Waals surface area contributed by atoms with E-state index in [-0.39, 0.29) is 42.7 Å². The summed E-state index contributed by atoms with van der Waals surface area (Å²) in [7, 11) is 1.67. The van der Waals surface area contributed by atoms with Crippen molar-refractivity contribution < 1.29 is 31.5 Å². The first-order valence-corrected chi connectivity index (χ1v) is 12.8. The number of aromatic nitrogens is 2. The van der Waals surface area contributed by atoms with Crippen LogP contribution >= 0.6 is 0 Å². The first kappa shape index (κ1) is 33.4. The molecule has 0 aromatic carbocycles. The fourth-order valence-corrected chi connectivity index (χ4v) is 4.06. The van der Waals surface area contributed by atoms with Crippen LogP contribution in [0, 0.1) is 11.7 Å². The summed E-state index contributed by atoms with van der Waals surface area (Å²) in [5.74, 6) is 3.98. The zero-order valence-electron chi connectivity index (χ0n) is 22.5. The molecule has 1 unspecified atom stereocenters. The summed E-state index contributed by atoms with van der Waals surface area (Å²) in [6, 6.07) is 2.38. The highest BCUT2D eigenvalue weighted by Crippen LogP contribution is 2.29. The number of amides is 1. The molecule has 6 N–H and O–H groups in total. The molecular weight excluding hydrogens is 553 g/mol. The van der Waals surface area contributed by atoms with Crippen LogP contribution in [0.1, 0.15) is 43.2 Å². The molecule has 0 aliphatic heterocycles. The third-order valence-corrected chi connectivity index (χ3v) is 6.14. The number of hydrazine groups is 1. The van der Waals surface area contributed by atoms with Crippen LogP contribution in [0.15, 0.2) is 47.4 Å². The fraction of sp³-hybridized carbons (Fsp3) is 0.462. The molecule has 1 fully saturated rings. The molecule has 1 aliphatic carbocycles. The molecule has 1 atom stereocenters. The van der Waals surface area contributed by atoms with Gasteiger partial charge in [0.25, 0.3) is 5.56 Å². The Hall–Kier alpha value is -3.85. The summed E-state index contributed by atoms with van der Waals surface area (Å²) in [4.78, 5) is 38.1. The molecule has 0 spiro atoms. The van der Waals surface area contributed by atoms with Crippen molar-refractivity contribution >= 4 is 17.9 Å². The van der Waals surface area contributed by atoms with E-state index in [2.05, 4.69) is 15.6 Å². The van der Waals surface area contributed by atoms with Crippen molar-refractivity contribution in [2.45, 2.75) is 57.5 Å². The van der Waals surface area contributed by atoms with Gasteiger partial charge in [0.2, 0.25) is 11.7 Å². The molecule has 1 aliphatic rings. The number of aryl methyl sites for hydroxylation is 1. The second-order valence-corrected chi connectivity index (χ2v) is 9.45. The summed E-state index contributed by atoms with van der Waals surface area (Å²) in [5, 5.41) is 6.15. The standard InChI is InChI=1S/C18H25F2N5O3.C8H9F3N2/c19-13(9-25(22)10-14(21)11-26)5-7-24-8-6-15(16(20)18(24)28)23-17(27)12-3-1-2-4-12;1-12-3-6-2-7(5-13-4-6)8(9,10)11/h6,8,10-13H,1-5,7,9,21-22H2,(H,23,27);2,4-5,12H,3H2,1H3/b14-10-;. The number of pyridine rings is 2. The van der Waals surface area contributed by atoms with E-state index in [1.54, 1.807) is 7.05 Å². The highest BCUT2D eigenvalue weighted by Gasteiger charge is 2.31. The summed E-state index contributed by atoms with van der Waals surface area (Å²) in [6.45, 7) is 0.0622. The van der Waals surface area contributed by atoms with Crippen LogP contribution < -0.4 is 27.8 Å². The normalized spacial score (nSPS) is 14.7. The second-order valence-electron chi connectivity index (χ2n) is 9.45. The molecule has 1 amide bonds. The van der Waals surface area contributed by atoms with E-state index in [9.17, 15) is 36.3 Å². The molecule has 0 radical (unpaired) electrons. The highest BCUT2D eigenvalue weighted by atomic mass is 19.4. The first-order valence-electron chi connectivity index (χ1n) is 12.8. The smallest absolute Gasteiger partial charge is 0.395 e. The third-order valence-electron chi connectivity index (χ3n) is 6.14. The van der Waals surface area contributed by atoms with E-state index in [4.69, 9.17) is 11.6 Å². The van der Waals surface area contributed by atoms with Crippen molar-refractivity contribution in [3.8, 4) is 0 Å². The number of alkyl halides is 4. The number of hydrogen-bond donors (Lipinski definition) is 4. The zero-order valence-corrected chi connectivity index (χ0v) is 22.5. The van der Waals surface area contributed by atoms with E-state index in [1.807, 2.05) is 0 Å². The predicted molar refractivity (Wildman–Crippen MR) is 142 cm³/mol. The van der Waals surface area contributed by atoms with Gasteiger partial charge in [0.15, 0.2) is 6.29 Å². The van der Waals surface area contributed by atoms with Crippen molar-refractivity contribution in [3.63, 3.8) is 0 Å². The van der Waals surface area contributed by atoms with Crippen LogP contribution in [0.3, 0.4) is 0 Å². The second kappa shape index (κ2) is 15.8.